The standard InChI is InChI=1S/C17H27N3O/c1-3-9-19-16(15-5-10-18-13(2)20-15)14-6-11-21-17(12-14)7-4-8-17/h5,10,14,16,19H,3-4,6-9,11-12H2,1-2H3. The molecule has 2 heterocycles. The molecule has 0 bridgehead atoms. The summed E-state index contributed by atoms with van der Waals surface area (Å²) < 4.78 is 6.09. The van der Waals surface area contributed by atoms with E-state index < -0.39 is 0 Å². The smallest absolute Gasteiger partial charge is 0.125 e. The second-order valence-corrected chi connectivity index (χ2v) is 6.60. The molecule has 3 rings (SSSR count). The van der Waals surface area contributed by atoms with E-state index in [0.29, 0.717) is 12.0 Å². The number of rotatable bonds is 5. The molecule has 1 spiro atoms. The van der Waals surface area contributed by atoms with Gasteiger partial charge in [-0.2, -0.15) is 0 Å². The fraction of sp³-hybridized carbons (Fsp3) is 0.765. The fourth-order valence-electron chi connectivity index (χ4n) is 3.73. The molecule has 2 atom stereocenters. The molecule has 4 heteroatoms. The predicted octanol–water partition coefficient (Wildman–Crippen LogP) is 3.18. The third-order valence-corrected chi connectivity index (χ3v) is 5.00. The van der Waals surface area contributed by atoms with E-state index in [9.17, 15) is 0 Å². The first-order chi connectivity index (χ1) is 10.2. The Morgan fingerprint density at radius 2 is 2.33 bits per heavy atom. The Morgan fingerprint density at radius 1 is 1.48 bits per heavy atom. The molecule has 1 aliphatic carbocycles. The molecule has 1 saturated carbocycles. The third kappa shape index (κ3) is 3.27. The Hall–Kier alpha value is -1.00. The van der Waals surface area contributed by atoms with Crippen molar-refractivity contribution in [3.8, 4) is 0 Å². The van der Waals surface area contributed by atoms with Crippen LogP contribution in [0.2, 0.25) is 0 Å². The molecule has 0 amide bonds. The van der Waals surface area contributed by atoms with Crippen molar-refractivity contribution in [1.82, 2.24) is 15.3 Å². The number of aromatic nitrogens is 2. The van der Waals surface area contributed by atoms with Gasteiger partial charge in [0.05, 0.1) is 17.3 Å². The number of aryl methyl sites for hydroxylation is 1. The molecular weight excluding hydrogens is 262 g/mol. The SMILES string of the molecule is CCCNC(c1ccnc(C)n1)C1CCOC2(CCC2)C1. The molecule has 1 aliphatic heterocycles. The van der Waals surface area contributed by atoms with Gasteiger partial charge in [0.2, 0.25) is 0 Å². The van der Waals surface area contributed by atoms with Crippen LogP contribution >= 0.6 is 0 Å². The second kappa shape index (κ2) is 6.41. The van der Waals surface area contributed by atoms with Gasteiger partial charge in [0.1, 0.15) is 5.82 Å². The molecular formula is C17H27N3O. The zero-order valence-corrected chi connectivity index (χ0v) is 13.3. The molecule has 116 valence electrons. The molecule has 21 heavy (non-hydrogen) atoms. The van der Waals surface area contributed by atoms with Gasteiger partial charge in [0.25, 0.3) is 0 Å². The molecule has 1 saturated heterocycles. The topological polar surface area (TPSA) is 47.0 Å². The van der Waals surface area contributed by atoms with Crippen molar-refractivity contribution >= 4 is 0 Å². The zero-order valence-electron chi connectivity index (χ0n) is 13.3. The molecule has 2 aliphatic rings. The predicted molar refractivity (Wildman–Crippen MR) is 83.1 cm³/mol. The van der Waals surface area contributed by atoms with Crippen LogP contribution in [0.4, 0.5) is 0 Å². The van der Waals surface area contributed by atoms with Gasteiger partial charge in [-0.1, -0.05) is 6.92 Å². The average Bonchev–Trinajstić information content (AvgIpc) is 2.46. The van der Waals surface area contributed by atoms with E-state index in [2.05, 4.69) is 28.3 Å². The minimum Gasteiger partial charge on any atom is -0.375 e. The number of nitrogens with one attached hydrogen (secondary N) is 1. The fourth-order valence-corrected chi connectivity index (χ4v) is 3.73. The first-order valence-electron chi connectivity index (χ1n) is 8.39. The molecule has 2 fully saturated rings. The highest BCUT2D eigenvalue weighted by atomic mass is 16.5. The molecule has 1 aromatic heterocycles. The van der Waals surface area contributed by atoms with Gasteiger partial charge in [-0.25, -0.2) is 9.97 Å². The molecule has 2 unspecified atom stereocenters. The lowest BCUT2D eigenvalue weighted by atomic mass is 9.70. The van der Waals surface area contributed by atoms with Crippen molar-refractivity contribution in [2.75, 3.05) is 13.2 Å². The van der Waals surface area contributed by atoms with E-state index in [1.807, 2.05) is 13.1 Å². The van der Waals surface area contributed by atoms with Crippen LogP contribution in [0.1, 0.15) is 63.0 Å². The van der Waals surface area contributed by atoms with Gasteiger partial charge in [-0.15, -0.1) is 0 Å². The third-order valence-electron chi connectivity index (χ3n) is 5.00. The summed E-state index contributed by atoms with van der Waals surface area (Å²) in [4.78, 5) is 8.92. The maximum absolute atomic E-state index is 6.09. The van der Waals surface area contributed by atoms with E-state index in [1.54, 1.807) is 0 Å². The Morgan fingerprint density at radius 3 is 3.00 bits per heavy atom. The first kappa shape index (κ1) is 14.9. The van der Waals surface area contributed by atoms with Crippen molar-refractivity contribution in [3.05, 3.63) is 23.8 Å². The summed E-state index contributed by atoms with van der Waals surface area (Å²) in [6.07, 6.45) is 9.15. The summed E-state index contributed by atoms with van der Waals surface area (Å²) in [6.45, 7) is 6.13. The molecule has 0 radical (unpaired) electrons. The monoisotopic (exact) mass is 289 g/mol. The largest absolute Gasteiger partial charge is 0.375 e. The summed E-state index contributed by atoms with van der Waals surface area (Å²) in [6, 6.07) is 2.41. The molecule has 4 nitrogen and oxygen atoms in total. The number of ether oxygens (including phenoxy) is 1. The molecule has 1 N–H and O–H groups in total. The van der Waals surface area contributed by atoms with Crippen LogP contribution in [-0.4, -0.2) is 28.7 Å². The minimum atomic E-state index is 0.192. The molecule has 1 aromatic rings. The van der Waals surface area contributed by atoms with Crippen molar-refractivity contribution in [2.45, 2.75) is 64.0 Å². The van der Waals surface area contributed by atoms with Crippen LogP contribution in [0, 0.1) is 12.8 Å². The lowest BCUT2D eigenvalue weighted by Gasteiger charge is -2.48. The van der Waals surface area contributed by atoms with Crippen LogP contribution < -0.4 is 5.32 Å². The lowest BCUT2D eigenvalue weighted by molar-refractivity contribution is -0.147. The Labute approximate surface area is 127 Å². The van der Waals surface area contributed by atoms with Crippen molar-refractivity contribution in [2.24, 2.45) is 5.92 Å². The first-order valence-corrected chi connectivity index (χ1v) is 8.39. The van der Waals surface area contributed by atoms with E-state index in [0.717, 1.165) is 37.5 Å². The van der Waals surface area contributed by atoms with Crippen LogP contribution in [0.15, 0.2) is 12.3 Å². The number of hydrogen-bond acceptors (Lipinski definition) is 4. The summed E-state index contributed by atoms with van der Waals surface area (Å²) in [5.41, 5.74) is 1.34. The van der Waals surface area contributed by atoms with E-state index >= 15 is 0 Å². The minimum absolute atomic E-state index is 0.192. The van der Waals surface area contributed by atoms with E-state index in [1.165, 1.54) is 25.7 Å². The van der Waals surface area contributed by atoms with Gasteiger partial charge in [-0.05, 0) is 64.0 Å². The van der Waals surface area contributed by atoms with Gasteiger partial charge in [0.15, 0.2) is 0 Å². The van der Waals surface area contributed by atoms with Crippen LogP contribution in [-0.2, 0) is 4.74 Å². The Balaban J connectivity index is 1.77. The van der Waals surface area contributed by atoms with E-state index in [4.69, 9.17) is 4.74 Å². The Kier molecular flexibility index (Phi) is 4.55. The quantitative estimate of drug-likeness (QED) is 0.904. The van der Waals surface area contributed by atoms with Gasteiger partial charge in [0, 0.05) is 12.8 Å². The normalized spacial score (nSPS) is 25.5. The molecule has 0 aromatic carbocycles. The van der Waals surface area contributed by atoms with Crippen LogP contribution in [0.3, 0.4) is 0 Å². The highest BCUT2D eigenvalue weighted by Gasteiger charge is 2.44. The van der Waals surface area contributed by atoms with Gasteiger partial charge < -0.3 is 10.1 Å². The summed E-state index contributed by atoms with van der Waals surface area (Å²) in [5, 5.41) is 3.72. The van der Waals surface area contributed by atoms with Gasteiger partial charge in [-0.3, -0.25) is 0 Å². The van der Waals surface area contributed by atoms with Crippen molar-refractivity contribution in [3.63, 3.8) is 0 Å². The summed E-state index contributed by atoms with van der Waals surface area (Å²) in [5.74, 6) is 1.49. The van der Waals surface area contributed by atoms with Crippen molar-refractivity contribution < 1.29 is 4.74 Å². The van der Waals surface area contributed by atoms with Gasteiger partial charge >= 0.3 is 0 Å². The zero-order chi connectivity index (χ0) is 14.7. The highest BCUT2D eigenvalue weighted by molar-refractivity contribution is 5.11. The summed E-state index contributed by atoms with van der Waals surface area (Å²) in [7, 11) is 0. The lowest BCUT2D eigenvalue weighted by Crippen LogP contribution is -2.48. The van der Waals surface area contributed by atoms with Crippen LogP contribution in [0.25, 0.3) is 0 Å². The highest BCUT2D eigenvalue weighted by Crippen LogP contribution is 2.46. The maximum atomic E-state index is 6.09. The number of nitrogens with zero attached hydrogens (tertiary/aromatic N) is 2. The average molecular weight is 289 g/mol. The Bertz CT molecular complexity index is 473. The van der Waals surface area contributed by atoms with Crippen LogP contribution in [0.5, 0.6) is 0 Å². The second-order valence-electron chi connectivity index (χ2n) is 6.60. The number of hydrogen-bond donors (Lipinski definition) is 1. The maximum Gasteiger partial charge on any atom is 0.125 e. The summed E-state index contributed by atoms with van der Waals surface area (Å²) >= 11 is 0. The van der Waals surface area contributed by atoms with E-state index in [-0.39, 0.29) is 5.60 Å². The van der Waals surface area contributed by atoms with Crippen molar-refractivity contribution in [1.29, 1.82) is 0 Å².